The van der Waals surface area contributed by atoms with Gasteiger partial charge >= 0.3 is 0 Å². The smallest absolute Gasteiger partial charge is 0.126 e. The molecule has 0 N–H and O–H groups in total. The average Bonchev–Trinajstić information content (AvgIpc) is 2.50. The number of alkyl halides is 1. The van der Waals surface area contributed by atoms with Crippen LogP contribution in [0.3, 0.4) is 0 Å². The maximum atomic E-state index is 10.9. The molecule has 1 fully saturated rings. The Morgan fingerprint density at radius 3 is 2.83 bits per heavy atom. The fraction of sp³-hybridized carbons (Fsp3) is 0.900. The van der Waals surface area contributed by atoms with Gasteiger partial charge in [0.25, 0.3) is 0 Å². The largest absolute Gasteiger partial charge is 0.303 e. The quantitative estimate of drug-likeness (QED) is 0.490. The monoisotopic (exact) mass is 188 g/mol. The Kier molecular flexibility index (Phi) is 3.57. The fourth-order valence-corrected chi connectivity index (χ4v) is 2.58. The molecule has 1 saturated carbocycles. The summed E-state index contributed by atoms with van der Waals surface area (Å²) in [6.07, 6.45) is 6.56. The van der Waals surface area contributed by atoms with Crippen molar-refractivity contribution in [2.45, 2.75) is 39.0 Å². The normalized spacial score (nSPS) is 35.3. The lowest BCUT2D eigenvalue weighted by Crippen LogP contribution is -2.19. The Morgan fingerprint density at radius 2 is 2.42 bits per heavy atom. The third kappa shape index (κ3) is 2.01. The molecule has 2 atom stereocenters. The Labute approximate surface area is 79.5 Å². The first-order valence-corrected chi connectivity index (χ1v) is 5.32. The zero-order valence-electron chi connectivity index (χ0n) is 7.68. The van der Waals surface area contributed by atoms with Crippen molar-refractivity contribution in [1.29, 1.82) is 0 Å². The molecule has 0 spiro atoms. The molecule has 0 aromatic rings. The summed E-state index contributed by atoms with van der Waals surface area (Å²) in [5.41, 5.74) is -0.0531. The van der Waals surface area contributed by atoms with Gasteiger partial charge in [-0.2, -0.15) is 0 Å². The van der Waals surface area contributed by atoms with Crippen molar-refractivity contribution < 1.29 is 4.79 Å². The molecule has 0 amide bonds. The maximum Gasteiger partial charge on any atom is 0.126 e. The Bertz CT molecular complexity index is 158. The highest BCUT2D eigenvalue weighted by molar-refractivity contribution is 6.17. The van der Waals surface area contributed by atoms with Crippen LogP contribution < -0.4 is 0 Å². The molecule has 12 heavy (non-hydrogen) atoms. The van der Waals surface area contributed by atoms with Gasteiger partial charge in [-0.25, -0.2) is 0 Å². The molecular formula is C10H17ClO. The lowest BCUT2D eigenvalue weighted by Gasteiger charge is -2.20. The molecule has 1 aliphatic carbocycles. The van der Waals surface area contributed by atoms with E-state index >= 15 is 0 Å². The summed E-state index contributed by atoms with van der Waals surface area (Å²) in [7, 11) is 0. The number of carbonyl (C=O) groups excluding carboxylic acids is 1. The summed E-state index contributed by atoms with van der Waals surface area (Å²) in [6, 6.07) is 0. The Balaban J connectivity index is 2.52. The third-order valence-electron chi connectivity index (χ3n) is 3.17. The highest BCUT2D eigenvalue weighted by Crippen LogP contribution is 2.44. The molecule has 0 aromatic heterocycles. The van der Waals surface area contributed by atoms with Crippen molar-refractivity contribution in [3.63, 3.8) is 0 Å². The minimum atomic E-state index is -0.0531. The summed E-state index contributed by atoms with van der Waals surface area (Å²) in [4.78, 5) is 10.9. The number of carbonyl (C=O) groups is 1. The molecule has 2 unspecified atom stereocenters. The lowest BCUT2D eigenvalue weighted by atomic mass is 9.84. The Morgan fingerprint density at radius 1 is 1.67 bits per heavy atom. The molecule has 0 saturated heterocycles. The highest BCUT2D eigenvalue weighted by atomic mass is 35.5. The van der Waals surface area contributed by atoms with Crippen LogP contribution in [0.1, 0.15) is 39.0 Å². The molecule has 0 aliphatic heterocycles. The van der Waals surface area contributed by atoms with Gasteiger partial charge in [0.2, 0.25) is 0 Å². The third-order valence-corrected chi connectivity index (χ3v) is 3.35. The van der Waals surface area contributed by atoms with E-state index in [4.69, 9.17) is 11.6 Å². The SMILES string of the molecule is CCC1CCC(C=O)(CCCl)C1. The van der Waals surface area contributed by atoms with E-state index < -0.39 is 0 Å². The molecule has 0 bridgehead atoms. The van der Waals surface area contributed by atoms with E-state index in [-0.39, 0.29) is 5.41 Å². The van der Waals surface area contributed by atoms with Crippen LogP contribution in [0.5, 0.6) is 0 Å². The zero-order valence-corrected chi connectivity index (χ0v) is 8.44. The summed E-state index contributed by atoms with van der Waals surface area (Å²) >= 11 is 5.68. The standard InChI is InChI=1S/C10H17ClO/c1-2-9-3-4-10(7-9,8-12)5-6-11/h8-9H,2-7H2,1H3. The first-order chi connectivity index (χ1) is 5.76. The van der Waals surface area contributed by atoms with Crippen LogP contribution in [0.4, 0.5) is 0 Å². The molecule has 0 radical (unpaired) electrons. The van der Waals surface area contributed by atoms with E-state index in [0.717, 1.165) is 31.5 Å². The summed E-state index contributed by atoms with van der Waals surface area (Å²) in [5, 5.41) is 0. The molecule has 2 heteroatoms. The van der Waals surface area contributed by atoms with Gasteiger partial charge in [-0.1, -0.05) is 13.3 Å². The summed E-state index contributed by atoms with van der Waals surface area (Å²) in [6.45, 7) is 2.20. The van der Waals surface area contributed by atoms with Crippen molar-refractivity contribution in [1.82, 2.24) is 0 Å². The molecule has 0 aromatic carbocycles. The predicted octanol–water partition coefficient (Wildman–Crippen LogP) is 3.01. The first kappa shape index (κ1) is 10.0. The van der Waals surface area contributed by atoms with Crippen molar-refractivity contribution in [3.05, 3.63) is 0 Å². The summed E-state index contributed by atoms with van der Waals surface area (Å²) < 4.78 is 0. The highest BCUT2D eigenvalue weighted by Gasteiger charge is 2.37. The van der Waals surface area contributed by atoms with Gasteiger partial charge in [-0.05, 0) is 31.6 Å². The number of halogens is 1. The molecular weight excluding hydrogens is 172 g/mol. The topological polar surface area (TPSA) is 17.1 Å². The van der Waals surface area contributed by atoms with Gasteiger partial charge in [-0.15, -0.1) is 11.6 Å². The van der Waals surface area contributed by atoms with Crippen molar-refractivity contribution in [3.8, 4) is 0 Å². The second-order valence-corrected chi connectivity index (χ2v) is 4.31. The fourth-order valence-electron chi connectivity index (χ4n) is 2.20. The van der Waals surface area contributed by atoms with Crippen molar-refractivity contribution in [2.24, 2.45) is 11.3 Å². The Hall–Kier alpha value is -0.0400. The van der Waals surface area contributed by atoms with Gasteiger partial charge in [0.15, 0.2) is 0 Å². The number of hydrogen-bond donors (Lipinski definition) is 0. The second kappa shape index (κ2) is 4.27. The molecule has 1 nitrogen and oxygen atoms in total. The van der Waals surface area contributed by atoms with Gasteiger partial charge in [0.1, 0.15) is 6.29 Å². The first-order valence-electron chi connectivity index (χ1n) is 4.78. The second-order valence-electron chi connectivity index (χ2n) is 3.94. The van der Waals surface area contributed by atoms with E-state index in [9.17, 15) is 4.79 Å². The van der Waals surface area contributed by atoms with E-state index in [1.807, 2.05) is 0 Å². The van der Waals surface area contributed by atoms with Crippen LogP contribution in [0.15, 0.2) is 0 Å². The number of hydrogen-bond acceptors (Lipinski definition) is 1. The lowest BCUT2D eigenvalue weighted by molar-refractivity contribution is -0.116. The molecule has 1 aliphatic rings. The zero-order chi connectivity index (χ0) is 9.03. The number of rotatable bonds is 4. The van der Waals surface area contributed by atoms with Crippen LogP contribution in [-0.4, -0.2) is 12.2 Å². The van der Waals surface area contributed by atoms with Crippen molar-refractivity contribution in [2.75, 3.05) is 5.88 Å². The van der Waals surface area contributed by atoms with E-state index in [2.05, 4.69) is 6.92 Å². The van der Waals surface area contributed by atoms with E-state index in [1.54, 1.807) is 0 Å². The maximum absolute atomic E-state index is 10.9. The summed E-state index contributed by atoms with van der Waals surface area (Å²) in [5.74, 6) is 1.38. The van der Waals surface area contributed by atoms with E-state index in [0.29, 0.717) is 5.88 Å². The molecule has 70 valence electrons. The predicted molar refractivity (Wildman–Crippen MR) is 51.5 cm³/mol. The van der Waals surface area contributed by atoms with Gasteiger partial charge < -0.3 is 4.79 Å². The van der Waals surface area contributed by atoms with Gasteiger partial charge in [0.05, 0.1) is 0 Å². The van der Waals surface area contributed by atoms with Crippen LogP contribution in [0, 0.1) is 11.3 Å². The minimum Gasteiger partial charge on any atom is -0.303 e. The van der Waals surface area contributed by atoms with Crippen LogP contribution >= 0.6 is 11.6 Å². The molecule has 1 rings (SSSR count). The van der Waals surface area contributed by atoms with Crippen LogP contribution in [0.2, 0.25) is 0 Å². The van der Waals surface area contributed by atoms with Gasteiger partial charge in [0, 0.05) is 11.3 Å². The number of aldehydes is 1. The van der Waals surface area contributed by atoms with Crippen LogP contribution in [-0.2, 0) is 4.79 Å². The average molecular weight is 189 g/mol. The van der Waals surface area contributed by atoms with E-state index in [1.165, 1.54) is 12.8 Å². The van der Waals surface area contributed by atoms with Gasteiger partial charge in [-0.3, -0.25) is 0 Å². The van der Waals surface area contributed by atoms with Crippen LogP contribution in [0.25, 0.3) is 0 Å². The van der Waals surface area contributed by atoms with Crippen molar-refractivity contribution >= 4 is 17.9 Å². The molecule has 0 heterocycles. The minimum absolute atomic E-state index is 0.0531.